The average Bonchev–Trinajstić information content (AvgIpc) is 2.78. The van der Waals surface area contributed by atoms with Crippen LogP contribution in [0.15, 0.2) is 0 Å². The second-order valence-electron chi connectivity index (χ2n) is 4.48. The molecule has 0 aliphatic carbocycles. The molecule has 0 aromatic heterocycles. The molecule has 2 atom stereocenters. The van der Waals surface area contributed by atoms with E-state index in [1.54, 1.807) is 8.61 Å². The Balaban J connectivity index is 2.17. The van der Waals surface area contributed by atoms with E-state index in [9.17, 15) is 8.42 Å². The Hall–Kier alpha value is -0.170. The number of fused-ring (bicyclic) bond motifs is 1. The lowest BCUT2D eigenvalue weighted by molar-refractivity contribution is 0.332. The maximum Gasteiger partial charge on any atom is 0.282 e. The van der Waals surface area contributed by atoms with Crippen molar-refractivity contribution in [1.29, 1.82) is 0 Å². The zero-order chi connectivity index (χ0) is 11.8. The van der Waals surface area contributed by atoms with E-state index in [0.29, 0.717) is 25.6 Å². The number of hydrogen-bond donors (Lipinski definition) is 1. The maximum absolute atomic E-state index is 12.4. The van der Waals surface area contributed by atoms with E-state index in [4.69, 9.17) is 0 Å². The second kappa shape index (κ2) is 4.60. The van der Waals surface area contributed by atoms with Crippen molar-refractivity contribution in [3.63, 3.8) is 0 Å². The number of nitrogens with zero attached hydrogens (tertiary/aromatic N) is 2. The van der Waals surface area contributed by atoms with Crippen LogP contribution in [-0.4, -0.2) is 55.8 Å². The van der Waals surface area contributed by atoms with Gasteiger partial charge in [0.05, 0.1) is 0 Å². The molecule has 2 saturated heterocycles. The van der Waals surface area contributed by atoms with Crippen molar-refractivity contribution < 1.29 is 8.42 Å². The fourth-order valence-electron chi connectivity index (χ4n) is 2.79. The van der Waals surface area contributed by atoms with Crippen LogP contribution >= 0.6 is 0 Å². The molecule has 2 rings (SSSR count). The van der Waals surface area contributed by atoms with Gasteiger partial charge in [-0.25, -0.2) is 0 Å². The van der Waals surface area contributed by atoms with Crippen molar-refractivity contribution in [1.82, 2.24) is 13.9 Å². The first-order valence-electron chi connectivity index (χ1n) is 6.08. The van der Waals surface area contributed by atoms with Gasteiger partial charge in [-0.1, -0.05) is 13.8 Å². The van der Waals surface area contributed by atoms with E-state index in [2.05, 4.69) is 5.32 Å². The Labute approximate surface area is 98.0 Å². The van der Waals surface area contributed by atoms with Crippen LogP contribution in [0.25, 0.3) is 0 Å². The van der Waals surface area contributed by atoms with Crippen LogP contribution in [0.2, 0.25) is 0 Å². The van der Waals surface area contributed by atoms with Gasteiger partial charge in [0.2, 0.25) is 0 Å². The smallest absolute Gasteiger partial charge is 0.282 e. The fraction of sp³-hybridized carbons (Fsp3) is 1.00. The summed E-state index contributed by atoms with van der Waals surface area (Å²) in [5.41, 5.74) is 0. The highest BCUT2D eigenvalue weighted by molar-refractivity contribution is 7.86. The first kappa shape index (κ1) is 12.3. The summed E-state index contributed by atoms with van der Waals surface area (Å²) in [7, 11) is -3.23. The minimum absolute atomic E-state index is 0.186. The number of hydrogen-bond acceptors (Lipinski definition) is 3. The molecule has 6 heteroatoms. The molecule has 5 nitrogen and oxygen atoms in total. The summed E-state index contributed by atoms with van der Waals surface area (Å²) in [6.45, 7) is 7.36. The van der Waals surface area contributed by atoms with Crippen molar-refractivity contribution in [2.45, 2.75) is 26.3 Å². The average molecular weight is 247 g/mol. The van der Waals surface area contributed by atoms with Crippen LogP contribution in [-0.2, 0) is 10.2 Å². The van der Waals surface area contributed by atoms with E-state index in [1.807, 2.05) is 13.8 Å². The molecule has 0 bridgehead atoms. The summed E-state index contributed by atoms with van der Waals surface area (Å²) in [5, 5.41) is 3.28. The summed E-state index contributed by atoms with van der Waals surface area (Å²) in [5.74, 6) is 0.519. The molecule has 0 saturated carbocycles. The minimum atomic E-state index is -3.23. The van der Waals surface area contributed by atoms with Crippen molar-refractivity contribution >= 4 is 10.2 Å². The van der Waals surface area contributed by atoms with Crippen LogP contribution in [0.4, 0.5) is 0 Å². The predicted molar refractivity (Wildman–Crippen MR) is 63.3 cm³/mol. The van der Waals surface area contributed by atoms with Crippen LogP contribution < -0.4 is 5.32 Å². The fourth-order valence-corrected chi connectivity index (χ4v) is 4.67. The third kappa shape index (κ3) is 1.88. The number of rotatable bonds is 4. The maximum atomic E-state index is 12.4. The zero-order valence-electron chi connectivity index (χ0n) is 10.0. The molecular formula is C10H21N3O2S. The second-order valence-corrected chi connectivity index (χ2v) is 6.36. The molecule has 0 aromatic rings. The molecule has 1 N–H and O–H groups in total. The first-order valence-corrected chi connectivity index (χ1v) is 7.48. The van der Waals surface area contributed by atoms with Gasteiger partial charge in [0.25, 0.3) is 10.2 Å². The predicted octanol–water partition coefficient (Wildman–Crippen LogP) is -0.133. The molecule has 2 fully saturated rings. The molecule has 16 heavy (non-hydrogen) atoms. The largest absolute Gasteiger partial charge is 0.315 e. The summed E-state index contributed by atoms with van der Waals surface area (Å²) < 4.78 is 28.0. The third-order valence-corrected chi connectivity index (χ3v) is 5.94. The molecule has 0 unspecified atom stereocenters. The van der Waals surface area contributed by atoms with E-state index >= 15 is 0 Å². The van der Waals surface area contributed by atoms with Gasteiger partial charge in [-0.2, -0.15) is 17.0 Å². The minimum Gasteiger partial charge on any atom is -0.315 e. The lowest BCUT2D eigenvalue weighted by Crippen LogP contribution is -2.47. The lowest BCUT2D eigenvalue weighted by Gasteiger charge is -2.29. The Morgan fingerprint density at radius 1 is 1.31 bits per heavy atom. The van der Waals surface area contributed by atoms with Gasteiger partial charge in [-0.05, 0) is 18.9 Å². The molecule has 2 heterocycles. The van der Waals surface area contributed by atoms with E-state index in [1.165, 1.54) is 0 Å². The van der Waals surface area contributed by atoms with Gasteiger partial charge in [0.15, 0.2) is 0 Å². The van der Waals surface area contributed by atoms with Crippen LogP contribution in [0.5, 0.6) is 0 Å². The molecule has 0 radical (unpaired) electrons. The molecule has 0 spiro atoms. The summed E-state index contributed by atoms with van der Waals surface area (Å²) in [4.78, 5) is 0. The topological polar surface area (TPSA) is 52.7 Å². The molecular weight excluding hydrogens is 226 g/mol. The van der Waals surface area contributed by atoms with Crippen molar-refractivity contribution in [2.24, 2.45) is 5.92 Å². The highest BCUT2D eigenvalue weighted by atomic mass is 32.2. The number of nitrogens with one attached hydrogen (secondary N) is 1. The summed E-state index contributed by atoms with van der Waals surface area (Å²) >= 11 is 0. The van der Waals surface area contributed by atoms with Crippen molar-refractivity contribution in [3.8, 4) is 0 Å². The van der Waals surface area contributed by atoms with Crippen LogP contribution in [0.3, 0.4) is 0 Å². The van der Waals surface area contributed by atoms with Gasteiger partial charge < -0.3 is 5.32 Å². The van der Waals surface area contributed by atoms with Crippen LogP contribution in [0.1, 0.15) is 20.3 Å². The lowest BCUT2D eigenvalue weighted by atomic mass is 10.1. The molecule has 94 valence electrons. The SMILES string of the molecule is CCN(CC)S(=O)(=O)N1CC[C@H]2CNC[C@H]21. The van der Waals surface area contributed by atoms with E-state index < -0.39 is 10.2 Å². The van der Waals surface area contributed by atoms with Crippen LogP contribution in [0, 0.1) is 5.92 Å². The van der Waals surface area contributed by atoms with Gasteiger partial charge in [-0.3, -0.25) is 0 Å². The highest BCUT2D eigenvalue weighted by Crippen LogP contribution is 2.30. The summed E-state index contributed by atoms with van der Waals surface area (Å²) in [6.07, 6.45) is 0.998. The highest BCUT2D eigenvalue weighted by Gasteiger charge is 2.44. The standard InChI is InChI=1S/C10H21N3O2S/c1-3-12(4-2)16(14,15)13-6-5-9-7-11-8-10(9)13/h9-11H,3-8H2,1-2H3/t9-,10+/m0/s1. The Morgan fingerprint density at radius 2 is 2.00 bits per heavy atom. The Morgan fingerprint density at radius 3 is 2.62 bits per heavy atom. The van der Waals surface area contributed by atoms with Gasteiger partial charge >= 0.3 is 0 Å². The Bertz CT molecular complexity index is 340. The molecule has 0 amide bonds. The Kier molecular flexibility index (Phi) is 3.53. The van der Waals surface area contributed by atoms with Crippen molar-refractivity contribution in [3.05, 3.63) is 0 Å². The normalized spacial score (nSPS) is 31.2. The first-order chi connectivity index (χ1) is 7.61. The van der Waals surface area contributed by atoms with Crippen molar-refractivity contribution in [2.75, 3.05) is 32.7 Å². The molecule has 2 aliphatic heterocycles. The summed E-state index contributed by atoms with van der Waals surface area (Å²) in [6, 6.07) is 0.186. The monoisotopic (exact) mass is 247 g/mol. The molecule has 0 aromatic carbocycles. The van der Waals surface area contributed by atoms with E-state index in [-0.39, 0.29) is 6.04 Å². The zero-order valence-corrected chi connectivity index (χ0v) is 10.8. The van der Waals surface area contributed by atoms with Gasteiger partial charge in [0.1, 0.15) is 0 Å². The van der Waals surface area contributed by atoms with Gasteiger partial charge in [0, 0.05) is 32.2 Å². The molecule has 2 aliphatic rings. The third-order valence-electron chi connectivity index (χ3n) is 3.72. The van der Waals surface area contributed by atoms with Gasteiger partial charge in [-0.15, -0.1) is 0 Å². The quantitative estimate of drug-likeness (QED) is 0.753. The van der Waals surface area contributed by atoms with E-state index in [0.717, 1.165) is 19.5 Å².